The molecule has 0 spiro atoms. The van der Waals surface area contributed by atoms with Crippen LogP contribution in [0.15, 0.2) is 30.6 Å². The second-order valence-electron chi connectivity index (χ2n) is 3.47. The second-order valence-corrected chi connectivity index (χ2v) is 4.35. The lowest BCUT2D eigenvalue weighted by molar-refractivity contribution is 0.102. The molecule has 0 saturated carbocycles. The van der Waals surface area contributed by atoms with Crippen LogP contribution in [0.5, 0.6) is 0 Å². The van der Waals surface area contributed by atoms with Crippen molar-refractivity contribution in [3.05, 3.63) is 46.2 Å². The molecular formula is C11H9Cl2N3O. The van der Waals surface area contributed by atoms with Crippen molar-refractivity contribution in [2.75, 3.05) is 5.32 Å². The number of anilines is 1. The molecule has 4 nitrogen and oxygen atoms in total. The Morgan fingerprint density at radius 2 is 1.94 bits per heavy atom. The second kappa shape index (κ2) is 4.77. The Hall–Kier alpha value is -1.52. The van der Waals surface area contributed by atoms with Gasteiger partial charge in [-0.25, -0.2) is 4.98 Å². The van der Waals surface area contributed by atoms with Crippen LogP contribution in [0.4, 0.5) is 5.95 Å². The number of aromatic nitrogens is 2. The number of nitrogens with one attached hydrogen (secondary N) is 1. The quantitative estimate of drug-likeness (QED) is 0.911. The zero-order valence-electron chi connectivity index (χ0n) is 8.95. The highest BCUT2D eigenvalue weighted by Crippen LogP contribution is 2.19. The van der Waals surface area contributed by atoms with Gasteiger partial charge in [-0.2, -0.15) is 0 Å². The molecule has 0 aliphatic heterocycles. The maximum Gasteiger partial charge on any atom is 0.258 e. The third kappa shape index (κ3) is 2.78. The summed E-state index contributed by atoms with van der Waals surface area (Å²) in [7, 11) is 1.79. The molecule has 0 atom stereocenters. The van der Waals surface area contributed by atoms with Gasteiger partial charge in [0.2, 0.25) is 5.95 Å². The van der Waals surface area contributed by atoms with Crippen LogP contribution in [0.3, 0.4) is 0 Å². The number of rotatable bonds is 2. The van der Waals surface area contributed by atoms with Crippen LogP contribution in [0.2, 0.25) is 10.0 Å². The Kier molecular flexibility index (Phi) is 3.36. The third-order valence-electron chi connectivity index (χ3n) is 2.17. The number of amides is 1. The molecule has 0 fully saturated rings. The van der Waals surface area contributed by atoms with E-state index < -0.39 is 0 Å². The number of hydrogen-bond donors (Lipinski definition) is 1. The number of carbonyl (C=O) groups is 1. The SMILES string of the molecule is Cn1ccnc1NC(=O)c1cc(Cl)cc(Cl)c1. The molecule has 0 saturated heterocycles. The van der Waals surface area contributed by atoms with Crippen LogP contribution in [-0.2, 0) is 7.05 Å². The van der Waals surface area contributed by atoms with Crippen molar-refractivity contribution in [2.24, 2.45) is 7.05 Å². The van der Waals surface area contributed by atoms with Crippen molar-refractivity contribution in [2.45, 2.75) is 0 Å². The Bertz CT molecular complexity index is 545. The molecule has 6 heteroatoms. The molecule has 1 aromatic heterocycles. The molecule has 0 aliphatic rings. The number of imidazole rings is 1. The fraction of sp³-hybridized carbons (Fsp3) is 0.0909. The molecular weight excluding hydrogens is 261 g/mol. The van der Waals surface area contributed by atoms with Crippen LogP contribution < -0.4 is 5.32 Å². The largest absolute Gasteiger partial charge is 0.320 e. The minimum absolute atomic E-state index is 0.302. The molecule has 88 valence electrons. The summed E-state index contributed by atoms with van der Waals surface area (Å²) in [6.45, 7) is 0. The van der Waals surface area contributed by atoms with E-state index in [-0.39, 0.29) is 5.91 Å². The van der Waals surface area contributed by atoms with Gasteiger partial charge in [0.15, 0.2) is 0 Å². The molecule has 2 rings (SSSR count). The van der Waals surface area contributed by atoms with Crippen molar-refractivity contribution in [3.8, 4) is 0 Å². The highest BCUT2D eigenvalue weighted by molar-refractivity contribution is 6.35. The average molecular weight is 270 g/mol. The lowest BCUT2D eigenvalue weighted by Gasteiger charge is -2.05. The van der Waals surface area contributed by atoms with Gasteiger partial charge in [0, 0.05) is 35.1 Å². The summed E-state index contributed by atoms with van der Waals surface area (Å²) in [5, 5.41) is 3.49. The Labute approximate surface area is 108 Å². The summed E-state index contributed by atoms with van der Waals surface area (Å²) in [5.41, 5.74) is 0.394. The predicted molar refractivity (Wildman–Crippen MR) is 67.6 cm³/mol. The fourth-order valence-corrected chi connectivity index (χ4v) is 1.87. The molecule has 1 amide bonds. The van der Waals surface area contributed by atoms with Gasteiger partial charge in [-0.1, -0.05) is 23.2 Å². The number of carbonyl (C=O) groups excluding carboxylic acids is 1. The minimum atomic E-state index is -0.302. The van der Waals surface area contributed by atoms with Gasteiger partial charge >= 0.3 is 0 Å². The van der Waals surface area contributed by atoms with Gasteiger partial charge in [0.1, 0.15) is 0 Å². The van der Waals surface area contributed by atoms with Gasteiger partial charge in [0.05, 0.1) is 0 Å². The summed E-state index contributed by atoms with van der Waals surface area (Å²) < 4.78 is 1.70. The minimum Gasteiger partial charge on any atom is -0.320 e. The number of hydrogen-bond acceptors (Lipinski definition) is 2. The smallest absolute Gasteiger partial charge is 0.258 e. The average Bonchev–Trinajstić information content (AvgIpc) is 2.63. The topological polar surface area (TPSA) is 46.9 Å². The summed E-state index contributed by atoms with van der Waals surface area (Å²) in [6.07, 6.45) is 3.33. The standard InChI is InChI=1S/C11H9Cl2N3O/c1-16-3-2-14-11(16)15-10(17)7-4-8(12)6-9(13)5-7/h2-6H,1H3,(H,14,15,17). The van der Waals surface area contributed by atoms with Gasteiger partial charge in [-0.05, 0) is 18.2 Å². The maximum atomic E-state index is 11.9. The van der Waals surface area contributed by atoms with E-state index in [1.807, 2.05) is 0 Å². The van der Waals surface area contributed by atoms with Gasteiger partial charge < -0.3 is 4.57 Å². The molecule has 0 aliphatic carbocycles. The zero-order chi connectivity index (χ0) is 12.4. The van der Waals surface area contributed by atoms with Crippen LogP contribution in [0.1, 0.15) is 10.4 Å². The summed E-state index contributed by atoms with van der Waals surface area (Å²) in [5.74, 6) is 0.162. The van der Waals surface area contributed by atoms with Crippen molar-refractivity contribution in [1.82, 2.24) is 9.55 Å². The van der Waals surface area contributed by atoms with E-state index in [2.05, 4.69) is 10.3 Å². The molecule has 0 unspecified atom stereocenters. The van der Waals surface area contributed by atoms with Gasteiger partial charge in [-0.15, -0.1) is 0 Å². The first-order valence-electron chi connectivity index (χ1n) is 4.81. The Morgan fingerprint density at radius 3 is 2.47 bits per heavy atom. The van der Waals surface area contributed by atoms with Crippen LogP contribution in [0, 0.1) is 0 Å². The molecule has 2 aromatic rings. The van der Waals surface area contributed by atoms with Crippen LogP contribution in [-0.4, -0.2) is 15.5 Å². The lowest BCUT2D eigenvalue weighted by atomic mass is 10.2. The monoisotopic (exact) mass is 269 g/mol. The molecule has 17 heavy (non-hydrogen) atoms. The Morgan fingerprint density at radius 1 is 1.29 bits per heavy atom. The molecule has 0 radical (unpaired) electrons. The highest BCUT2D eigenvalue weighted by atomic mass is 35.5. The van der Waals surface area contributed by atoms with E-state index in [1.165, 1.54) is 0 Å². The number of benzene rings is 1. The highest BCUT2D eigenvalue weighted by Gasteiger charge is 2.10. The van der Waals surface area contributed by atoms with E-state index in [1.54, 1.807) is 42.2 Å². The summed E-state index contributed by atoms with van der Waals surface area (Å²) in [6, 6.07) is 4.66. The number of aryl methyl sites for hydroxylation is 1. The van der Waals surface area contributed by atoms with E-state index >= 15 is 0 Å². The first kappa shape index (κ1) is 12.0. The van der Waals surface area contributed by atoms with Gasteiger partial charge in [-0.3, -0.25) is 10.1 Å². The molecule has 0 bridgehead atoms. The van der Waals surface area contributed by atoms with Crippen molar-refractivity contribution in [1.29, 1.82) is 0 Å². The zero-order valence-corrected chi connectivity index (χ0v) is 10.5. The summed E-state index contributed by atoms with van der Waals surface area (Å²) in [4.78, 5) is 15.9. The molecule has 1 aromatic carbocycles. The Balaban J connectivity index is 2.23. The van der Waals surface area contributed by atoms with E-state index in [9.17, 15) is 4.79 Å². The molecule has 1 N–H and O–H groups in total. The normalized spacial score (nSPS) is 10.3. The first-order chi connectivity index (χ1) is 8.06. The van der Waals surface area contributed by atoms with E-state index in [0.29, 0.717) is 21.6 Å². The molecule has 1 heterocycles. The first-order valence-corrected chi connectivity index (χ1v) is 5.56. The maximum absolute atomic E-state index is 11.9. The van der Waals surface area contributed by atoms with Crippen molar-refractivity contribution >= 4 is 35.1 Å². The van der Waals surface area contributed by atoms with E-state index in [4.69, 9.17) is 23.2 Å². The van der Waals surface area contributed by atoms with Crippen molar-refractivity contribution in [3.63, 3.8) is 0 Å². The number of halogens is 2. The third-order valence-corrected chi connectivity index (χ3v) is 2.61. The van der Waals surface area contributed by atoms with Crippen LogP contribution >= 0.6 is 23.2 Å². The predicted octanol–water partition coefficient (Wildman–Crippen LogP) is 2.98. The lowest BCUT2D eigenvalue weighted by Crippen LogP contribution is -2.14. The van der Waals surface area contributed by atoms with Crippen LogP contribution in [0.25, 0.3) is 0 Å². The fourth-order valence-electron chi connectivity index (χ4n) is 1.34. The van der Waals surface area contributed by atoms with E-state index in [0.717, 1.165) is 0 Å². The van der Waals surface area contributed by atoms with Crippen molar-refractivity contribution < 1.29 is 4.79 Å². The van der Waals surface area contributed by atoms with Gasteiger partial charge in [0.25, 0.3) is 5.91 Å². The number of nitrogens with zero attached hydrogens (tertiary/aromatic N) is 2. The summed E-state index contributed by atoms with van der Waals surface area (Å²) >= 11 is 11.6.